The number of hydrogen-bond donors (Lipinski definition) is 1. The zero-order chi connectivity index (χ0) is 15.8. The molecule has 0 unspecified atom stereocenters. The minimum atomic E-state index is 0.0354. The molecule has 5 nitrogen and oxygen atoms in total. The molecule has 1 amide bonds. The number of carbonyl (C=O) groups excluding carboxylic acids is 1. The number of thiophene rings is 1. The molecule has 2 aromatic heterocycles. The Kier molecular flexibility index (Phi) is 3.31. The summed E-state index contributed by atoms with van der Waals surface area (Å²) >= 11 is 1.43. The van der Waals surface area contributed by atoms with Gasteiger partial charge in [-0.2, -0.15) is 0 Å². The molecule has 0 aliphatic carbocycles. The largest absolute Gasteiger partial charge is 0.368 e. The molecule has 3 heterocycles. The van der Waals surface area contributed by atoms with Gasteiger partial charge >= 0.3 is 0 Å². The maximum Gasteiger partial charge on any atom is 0.268 e. The normalized spacial score (nSPS) is 13.1. The van der Waals surface area contributed by atoms with Gasteiger partial charge in [0.25, 0.3) is 5.91 Å². The molecule has 23 heavy (non-hydrogen) atoms. The molecule has 0 radical (unpaired) electrons. The highest BCUT2D eigenvalue weighted by Crippen LogP contribution is 2.32. The molecule has 2 N–H and O–H groups in total. The smallest absolute Gasteiger partial charge is 0.268 e. The number of nitrogens with two attached hydrogens (primary N) is 1. The lowest BCUT2D eigenvalue weighted by Gasteiger charge is -2.16. The Labute approximate surface area is 137 Å². The standard InChI is InChI=1S/C17H14N4OS/c18-17-19-9-7-12(20-17)14-5-6-15(23-14)16(22)21-10-8-11-3-1-2-4-13(11)21/h1-7,9H,8,10H2,(H2,18,19,20). The summed E-state index contributed by atoms with van der Waals surface area (Å²) in [5, 5.41) is 0. The van der Waals surface area contributed by atoms with Crippen LogP contribution in [0, 0.1) is 0 Å². The van der Waals surface area contributed by atoms with E-state index < -0.39 is 0 Å². The predicted molar refractivity (Wildman–Crippen MR) is 91.6 cm³/mol. The number of nitrogens with zero attached hydrogens (tertiary/aromatic N) is 3. The molecule has 0 saturated carbocycles. The van der Waals surface area contributed by atoms with Gasteiger partial charge < -0.3 is 10.6 Å². The van der Waals surface area contributed by atoms with Crippen LogP contribution < -0.4 is 10.6 Å². The molecule has 0 fully saturated rings. The monoisotopic (exact) mass is 322 g/mol. The second kappa shape index (κ2) is 5.48. The summed E-state index contributed by atoms with van der Waals surface area (Å²) in [6.45, 7) is 0.728. The van der Waals surface area contributed by atoms with Crippen LogP contribution in [0.5, 0.6) is 0 Å². The SMILES string of the molecule is Nc1nccc(-c2ccc(C(=O)N3CCc4ccccc43)s2)n1. The van der Waals surface area contributed by atoms with Gasteiger partial charge in [0.15, 0.2) is 0 Å². The molecule has 1 aliphatic rings. The van der Waals surface area contributed by atoms with Crippen molar-refractivity contribution in [1.82, 2.24) is 9.97 Å². The van der Waals surface area contributed by atoms with E-state index >= 15 is 0 Å². The third-order valence-electron chi connectivity index (χ3n) is 3.88. The summed E-state index contributed by atoms with van der Waals surface area (Å²) < 4.78 is 0. The second-order valence-corrected chi connectivity index (χ2v) is 6.38. The van der Waals surface area contributed by atoms with Crippen molar-refractivity contribution in [3.63, 3.8) is 0 Å². The van der Waals surface area contributed by atoms with E-state index in [9.17, 15) is 4.79 Å². The van der Waals surface area contributed by atoms with Crippen LogP contribution in [0.1, 0.15) is 15.2 Å². The molecule has 1 aromatic carbocycles. The fraction of sp³-hybridized carbons (Fsp3) is 0.118. The van der Waals surface area contributed by atoms with Crippen molar-refractivity contribution in [3.8, 4) is 10.6 Å². The summed E-state index contributed by atoms with van der Waals surface area (Å²) in [6.07, 6.45) is 2.53. The number of carbonyl (C=O) groups is 1. The first-order chi connectivity index (χ1) is 11.2. The molecular weight excluding hydrogens is 308 g/mol. The van der Waals surface area contributed by atoms with Gasteiger partial charge in [-0.3, -0.25) is 4.79 Å². The highest BCUT2D eigenvalue weighted by molar-refractivity contribution is 7.17. The number of anilines is 2. The van der Waals surface area contributed by atoms with Crippen LogP contribution in [0.25, 0.3) is 10.6 Å². The van der Waals surface area contributed by atoms with Crippen molar-refractivity contribution in [2.24, 2.45) is 0 Å². The van der Waals surface area contributed by atoms with Gasteiger partial charge in [0.05, 0.1) is 15.4 Å². The van der Waals surface area contributed by atoms with Crippen LogP contribution in [-0.2, 0) is 6.42 Å². The van der Waals surface area contributed by atoms with Gasteiger partial charge in [0, 0.05) is 18.4 Å². The van der Waals surface area contributed by atoms with Crippen LogP contribution in [0.4, 0.5) is 11.6 Å². The average Bonchev–Trinajstić information content (AvgIpc) is 3.22. The third-order valence-corrected chi connectivity index (χ3v) is 4.97. The van der Waals surface area contributed by atoms with E-state index in [2.05, 4.69) is 16.0 Å². The number of aromatic nitrogens is 2. The molecule has 4 rings (SSSR count). The Balaban J connectivity index is 1.64. The molecule has 0 atom stereocenters. The van der Waals surface area contributed by atoms with Crippen molar-refractivity contribution < 1.29 is 4.79 Å². The topological polar surface area (TPSA) is 72.1 Å². The Hall–Kier alpha value is -2.73. The number of nitrogen functional groups attached to an aromatic ring is 1. The van der Waals surface area contributed by atoms with Crippen molar-refractivity contribution in [2.75, 3.05) is 17.2 Å². The van der Waals surface area contributed by atoms with E-state index in [0.717, 1.165) is 29.2 Å². The summed E-state index contributed by atoms with van der Waals surface area (Å²) in [4.78, 5) is 24.4. The maximum absolute atomic E-state index is 12.8. The van der Waals surface area contributed by atoms with Gasteiger partial charge in [-0.25, -0.2) is 9.97 Å². The van der Waals surface area contributed by atoms with Crippen LogP contribution in [0.2, 0.25) is 0 Å². The number of amides is 1. The molecule has 3 aromatic rings. The zero-order valence-electron chi connectivity index (χ0n) is 12.3. The minimum Gasteiger partial charge on any atom is -0.368 e. The summed E-state index contributed by atoms with van der Waals surface area (Å²) in [6, 6.07) is 13.6. The fourth-order valence-corrected chi connectivity index (χ4v) is 3.71. The van der Waals surface area contributed by atoms with E-state index in [-0.39, 0.29) is 11.9 Å². The van der Waals surface area contributed by atoms with Gasteiger partial charge in [-0.15, -0.1) is 11.3 Å². The first-order valence-electron chi connectivity index (χ1n) is 7.31. The summed E-state index contributed by atoms with van der Waals surface area (Å²) in [7, 11) is 0. The van der Waals surface area contributed by atoms with Gasteiger partial charge in [-0.05, 0) is 36.2 Å². The minimum absolute atomic E-state index is 0.0354. The van der Waals surface area contributed by atoms with Crippen molar-refractivity contribution >= 4 is 28.9 Å². The van der Waals surface area contributed by atoms with E-state index in [1.54, 1.807) is 12.3 Å². The van der Waals surface area contributed by atoms with Gasteiger partial charge in [0.1, 0.15) is 0 Å². The highest BCUT2D eigenvalue weighted by Gasteiger charge is 2.26. The molecule has 6 heteroatoms. The van der Waals surface area contributed by atoms with E-state index in [1.165, 1.54) is 16.9 Å². The number of hydrogen-bond acceptors (Lipinski definition) is 5. The van der Waals surface area contributed by atoms with Crippen molar-refractivity contribution in [1.29, 1.82) is 0 Å². The zero-order valence-corrected chi connectivity index (χ0v) is 13.1. The Bertz CT molecular complexity index is 890. The summed E-state index contributed by atoms with van der Waals surface area (Å²) in [5.41, 5.74) is 8.60. The number of para-hydroxylation sites is 1. The lowest BCUT2D eigenvalue weighted by Crippen LogP contribution is -2.28. The predicted octanol–water partition coefficient (Wildman–Crippen LogP) is 2.99. The number of fused-ring (bicyclic) bond motifs is 1. The molecule has 1 aliphatic heterocycles. The molecule has 0 bridgehead atoms. The van der Waals surface area contributed by atoms with Gasteiger partial charge in [0.2, 0.25) is 5.95 Å². The van der Waals surface area contributed by atoms with Crippen LogP contribution in [0.3, 0.4) is 0 Å². The lowest BCUT2D eigenvalue weighted by atomic mass is 10.2. The molecule has 0 spiro atoms. The molecular formula is C17H14N4OS. The van der Waals surface area contributed by atoms with Crippen LogP contribution in [0.15, 0.2) is 48.7 Å². The quantitative estimate of drug-likeness (QED) is 0.787. The van der Waals surface area contributed by atoms with Crippen LogP contribution >= 0.6 is 11.3 Å². The Morgan fingerprint density at radius 1 is 1.17 bits per heavy atom. The average molecular weight is 322 g/mol. The van der Waals surface area contributed by atoms with Crippen LogP contribution in [-0.4, -0.2) is 22.4 Å². The first kappa shape index (κ1) is 13.9. The van der Waals surface area contributed by atoms with E-state index in [4.69, 9.17) is 5.73 Å². The number of benzene rings is 1. The highest BCUT2D eigenvalue weighted by atomic mass is 32.1. The third kappa shape index (κ3) is 2.47. The van der Waals surface area contributed by atoms with Crippen molar-refractivity contribution in [2.45, 2.75) is 6.42 Å². The molecule has 0 saturated heterocycles. The lowest BCUT2D eigenvalue weighted by molar-refractivity contribution is 0.0993. The second-order valence-electron chi connectivity index (χ2n) is 5.30. The van der Waals surface area contributed by atoms with E-state index in [1.807, 2.05) is 35.2 Å². The summed E-state index contributed by atoms with van der Waals surface area (Å²) in [5.74, 6) is 0.269. The maximum atomic E-state index is 12.8. The van der Waals surface area contributed by atoms with Gasteiger partial charge in [-0.1, -0.05) is 18.2 Å². The van der Waals surface area contributed by atoms with E-state index in [0.29, 0.717) is 4.88 Å². The molecule has 114 valence electrons. The number of rotatable bonds is 2. The Morgan fingerprint density at radius 2 is 2.04 bits per heavy atom. The van der Waals surface area contributed by atoms with Crippen molar-refractivity contribution in [3.05, 3.63) is 59.1 Å². The first-order valence-corrected chi connectivity index (χ1v) is 8.12. The fourth-order valence-electron chi connectivity index (χ4n) is 2.78. The Morgan fingerprint density at radius 3 is 2.91 bits per heavy atom.